The Hall–Kier alpha value is -2.82. The van der Waals surface area contributed by atoms with Crippen LogP contribution in [0.25, 0.3) is 10.7 Å². The molecule has 31 heavy (non-hydrogen) atoms. The SMILES string of the molecule is O=C(CN1CCN(C(=O)CCn2c(-c3cccs3)n[nH]c2=S)CC1)Nc1ccccc1. The molecular formula is C21H24N6O2S2. The number of para-hydroxylation sites is 1. The first-order chi connectivity index (χ1) is 15.1. The van der Waals surface area contributed by atoms with Gasteiger partial charge in [0.2, 0.25) is 11.8 Å². The highest BCUT2D eigenvalue weighted by Gasteiger charge is 2.23. The molecule has 0 bridgehead atoms. The van der Waals surface area contributed by atoms with Crippen molar-refractivity contribution >= 4 is 41.1 Å². The molecule has 10 heteroatoms. The molecule has 4 rings (SSSR count). The van der Waals surface area contributed by atoms with E-state index in [2.05, 4.69) is 20.4 Å². The van der Waals surface area contributed by atoms with Gasteiger partial charge in [0.1, 0.15) is 0 Å². The van der Waals surface area contributed by atoms with Crippen molar-refractivity contribution < 1.29 is 9.59 Å². The van der Waals surface area contributed by atoms with E-state index in [4.69, 9.17) is 12.2 Å². The van der Waals surface area contributed by atoms with Gasteiger partial charge in [-0.05, 0) is 35.8 Å². The van der Waals surface area contributed by atoms with E-state index in [0.29, 0.717) is 50.5 Å². The minimum Gasteiger partial charge on any atom is -0.340 e. The van der Waals surface area contributed by atoms with Gasteiger partial charge in [-0.3, -0.25) is 24.2 Å². The third-order valence-corrected chi connectivity index (χ3v) is 6.38. The summed E-state index contributed by atoms with van der Waals surface area (Å²) in [5, 5.41) is 12.0. The highest BCUT2D eigenvalue weighted by Crippen LogP contribution is 2.23. The number of amides is 2. The first kappa shape index (κ1) is 21.4. The number of carbonyl (C=O) groups is 2. The number of aromatic amines is 1. The number of carbonyl (C=O) groups excluding carboxylic acids is 2. The molecule has 2 aromatic heterocycles. The van der Waals surface area contributed by atoms with Crippen LogP contribution in [0.15, 0.2) is 47.8 Å². The highest BCUT2D eigenvalue weighted by molar-refractivity contribution is 7.71. The Morgan fingerprint density at radius 1 is 1.10 bits per heavy atom. The lowest BCUT2D eigenvalue weighted by molar-refractivity contribution is -0.133. The minimum absolute atomic E-state index is 0.0404. The Morgan fingerprint density at radius 3 is 2.58 bits per heavy atom. The topological polar surface area (TPSA) is 86.3 Å². The molecule has 2 amide bonds. The second kappa shape index (κ2) is 9.99. The summed E-state index contributed by atoms with van der Waals surface area (Å²) in [6.07, 6.45) is 0.362. The van der Waals surface area contributed by atoms with Gasteiger partial charge >= 0.3 is 0 Å². The number of H-pyrrole nitrogens is 1. The molecule has 3 heterocycles. The van der Waals surface area contributed by atoms with Crippen LogP contribution in [0.2, 0.25) is 0 Å². The molecule has 1 aromatic carbocycles. The van der Waals surface area contributed by atoms with Crippen molar-refractivity contribution in [2.75, 3.05) is 38.0 Å². The molecule has 0 radical (unpaired) electrons. The van der Waals surface area contributed by atoms with Crippen molar-refractivity contribution in [1.82, 2.24) is 24.6 Å². The maximum atomic E-state index is 12.7. The monoisotopic (exact) mass is 456 g/mol. The predicted molar refractivity (Wildman–Crippen MR) is 123 cm³/mol. The maximum Gasteiger partial charge on any atom is 0.238 e. The van der Waals surface area contributed by atoms with E-state index in [-0.39, 0.29) is 11.8 Å². The van der Waals surface area contributed by atoms with Gasteiger partial charge in [0.05, 0.1) is 11.4 Å². The smallest absolute Gasteiger partial charge is 0.238 e. The summed E-state index contributed by atoms with van der Waals surface area (Å²) >= 11 is 6.93. The number of nitrogens with zero attached hydrogens (tertiary/aromatic N) is 4. The van der Waals surface area contributed by atoms with Crippen LogP contribution in [-0.4, -0.2) is 69.1 Å². The molecule has 2 N–H and O–H groups in total. The quantitative estimate of drug-likeness (QED) is 0.534. The zero-order chi connectivity index (χ0) is 21.6. The number of piperazine rings is 1. The highest BCUT2D eigenvalue weighted by atomic mass is 32.1. The van der Waals surface area contributed by atoms with E-state index in [0.717, 1.165) is 16.4 Å². The molecule has 0 unspecified atom stereocenters. The lowest BCUT2D eigenvalue weighted by Gasteiger charge is -2.34. The molecule has 3 aromatic rings. The molecule has 1 aliphatic rings. The normalized spacial score (nSPS) is 14.5. The fourth-order valence-electron chi connectivity index (χ4n) is 3.57. The number of hydrogen-bond donors (Lipinski definition) is 2. The number of rotatable bonds is 7. The van der Waals surface area contributed by atoms with E-state index in [1.807, 2.05) is 57.3 Å². The van der Waals surface area contributed by atoms with Gasteiger partial charge in [-0.1, -0.05) is 24.3 Å². The zero-order valence-corrected chi connectivity index (χ0v) is 18.6. The van der Waals surface area contributed by atoms with Crippen LogP contribution < -0.4 is 5.32 Å². The van der Waals surface area contributed by atoms with Crippen LogP contribution in [-0.2, 0) is 16.1 Å². The van der Waals surface area contributed by atoms with Gasteiger partial charge in [-0.25, -0.2) is 0 Å². The van der Waals surface area contributed by atoms with Crippen molar-refractivity contribution in [2.24, 2.45) is 0 Å². The van der Waals surface area contributed by atoms with E-state index in [9.17, 15) is 9.59 Å². The number of aromatic nitrogens is 3. The fourth-order valence-corrected chi connectivity index (χ4v) is 4.51. The summed E-state index contributed by atoms with van der Waals surface area (Å²) in [5.41, 5.74) is 0.793. The molecule has 0 spiro atoms. The minimum atomic E-state index is -0.0404. The third kappa shape index (κ3) is 5.46. The average Bonchev–Trinajstić information content (AvgIpc) is 3.43. The number of thiophene rings is 1. The van der Waals surface area contributed by atoms with E-state index in [1.54, 1.807) is 11.3 Å². The average molecular weight is 457 g/mol. The van der Waals surface area contributed by atoms with Gasteiger partial charge in [0.25, 0.3) is 0 Å². The second-order valence-electron chi connectivity index (χ2n) is 7.30. The third-order valence-electron chi connectivity index (χ3n) is 5.20. The lowest BCUT2D eigenvalue weighted by atomic mass is 10.2. The van der Waals surface area contributed by atoms with Gasteiger partial charge in [0.15, 0.2) is 10.6 Å². The maximum absolute atomic E-state index is 12.7. The van der Waals surface area contributed by atoms with Gasteiger partial charge in [-0.15, -0.1) is 11.3 Å². The van der Waals surface area contributed by atoms with Crippen LogP contribution in [0.5, 0.6) is 0 Å². The Labute approximate surface area is 189 Å². The van der Waals surface area contributed by atoms with Crippen molar-refractivity contribution in [2.45, 2.75) is 13.0 Å². The number of anilines is 1. The van der Waals surface area contributed by atoms with Crippen LogP contribution in [0.1, 0.15) is 6.42 Å². The van der Waals surface area contributed by atoms with E-state index < -0.39 is 0 Å². The van der Waals surface area contributed by atoms with Crippen LogP contribution in [0.4, 0.5) is 5.69 Å². The Balaban J connectivity index is 1.24. The van der Waals surface area contributed by atoms with Crippen LogP contribution >= 0.6 is 23.6 Å². The summed E-state index contributed by atoms with van der Waals surface area (Å²) < 4.78 is 2.40. The zero-order valence-electron chi connectivity index (χ0n) is 17.0. The second-order valence-corrected chi connectivity index (χ2v) is 8.64. The fraction of sp³-hybridized carbons (Fsp3) is 0.333. The first-order valence-electron chi connectivity index (χ1n) is 10.1. The first-order valence-corrected chi connectivity index (χ1v) is 11.4. The Bertz CT molecular complexity index is 1070. The largest absolute Gasteiger partial charge is 0.340 e. The summed E-state index contributed by atoms with van der Waals surface area (Å²) in [5.74, 6) is 0.817. The van der Waals surface area contributed by atoms with E-state index >= 15 is 0 Å². The standard InChI is InChI=1S/C21H24N6O2S2/c28-18(22-16-5-2-1-3-6-16)15-25-10-12-26(13-11-25)19(29)8-9-27-20(23-24-21(27)30)17-7-4-14-31-17/h1-7,14H,8-13,15H2,(H,22,28)(H,24,30). The molecule has 1 aliphatic heterocycles. The van der Waals surface area contributed by atoms with Crippen LogP contribution in [0, 0.1) is 4.77 Å². The molecule has 0 atom stereocenters. The lowest BCUT2D eigenvalue weighted by Crippen LogP contribution is -2.50. The molecule has 1 saturated heterocycles. The Morgan fingerprint density at radius 2 is 1.87 bits per heavy atom. The summed E-state index contributed by atoms with van der Waals surface area (Å²) in [4.78, 5) is 29.9. The van der Waals surface area contributed by atoms with Crippen molar-refractivity contribution in [3.63, 3.8) is 0 Å². The number of hydrogen-bond acceptors (Lipinski definition) is 6. The predicted octanol–water partition coefficient (Wildman–Crippen LogP) is 2.84. The molecule has 0 saturated carbocycles. The number of benzene rings is 1. The van der Waals surface area contributed by atoms with Gasteiger partial charge < -0.3 is 10.2 Å². The molecular weight excluding hydrogens is 432 g/mol. The van der Waals surface area contributed by atoms with Gasteiger partial charge in [0, 0.05) is 44.8 Å². The summed E-state index contributed by atoms with van der Waals surface area (Å²) in [6.45, 7) is 3.41. The van der Waals surface area contributed by atoms with Crippen molar-refractivity contribution in [3.8, 4) is 10.7 Å². The summed E-state index contributed by atoms with van der Waals surface area (Å²) in [6, 6.07) is 13.4. The number of nitrogens with one attached hydrogen (secondary N) is 2. The van der Waals surface area contributed by atoms with E-state index in [1.165, 1.54) is 0 Å². The van der Waals surface area contributed by atoms with Gasteiger partial charge in [-0.2, -0.15) is 5.10 Å². The molecule has 1 fully saturated rings. The molecule has 162 valence electrons. The molecule has 0 aliphatic carbocycles. The Kier molecular flexibility index (Phi) is 6.90. The summed E-state index contributed by atoms with van der Waals surface area (Å²) in [7, 11) is 0. The van der Waals surface area contributed by atoms with Crippen LogP contribution in [0.3, 0.4) is 0 Å². The molecule has 8 nitrogen and oxygen atoms in total. The van der Waals surface area contributed by atoms with Crippen molar-refractivity contribution in [1.29, 1.82) is 0 Å². The van der Waals surface area contributed by atoms with Crippen molar-refractivity contribution in [3.05, 3.63) is 52.6 Å².